The maximum atomic E-state index is 9.48. The fourth-order valence-electron chi connectivity index (χ4n) is 1.98. The van der Waals surface area contributed by atoms with Gasteiger partial charge in [-0.05, 0) is 76.1 Å². The van der Waals surface area contributed by atoms with Crippen LogP contribution in [0, 0.1) is 0 Å². The molecule has 0 heterocycles. The highest BCUT2D eigenvalue weighted by atomic mass is 79.9. The van der Waals surface area contributed by atoms with E-state index in [1.165, 1.54) is 0 Å². The summed E-state index contributed by atoms with van der Waals surface area (Å²) in [6, 6.07) is 22.4. The normalized spacial score (nSPS) is 10.8. The lowest BCUT2D eigenvalue weighted by atomic mass is 10.2. The van der Waals surface area contributed by atoms with Crippen LogP contribution in [0.15, 0.2) is 82.3 Å². The first-order valence-electron chi connectivity index (χ1n) is 7.06. The molecule has 3 aromatic carbocycles. The van der Waals surface area contributed by atoms with Crippen molar-refractivity contribution in [2.75, 3.05) is 0 Å². The highest BCUT2D eigenvalue weighted by molar-refractivity contribution is 9.10. The molecule has 0 saturated heterocycles. The summed E-state index contributed by atoms with van der Waals surface area (Å²) in [6.45, 7) is 0. The monoisotopic (exact) mass is 367 g/mol. The van der Waals surface area contributed by atoms with E-state index in [0.29, 0.717) is 4.47 Å². The molecule has 0 saturated carbocycles. The Balaban J connectivity index is 1.69. The molecule has 3 aromatic rings. The molecule has 0 atom stereocenters. The standard InChI is InChI=1S/C19H14BrNO2/c20-18-12-14(6-11-19(18)22)13-21-15-7-9-17(10-8-15)23-16-4-2-1-3-5-16/h1-13,22H. The van der Waals surface area contributed by atoms with E-state index in [2.05, 4.69) is 20.9 Å². The van der Waals surface area contributed by atoms with E-state index in [0.717, 1.165) is 22.7 Å². The van der Waals surface area contributed by atoms with Gasteiger partial charge in [-0.1, -0.05) is 18.2 Å². The van der Waals surface area contributed by atoms with E-state index in [1.54, 1.807) is 18.3 Å². The lowest BCUT2D eigenvalue weighted by Gasteiger charge is -2.05. The average Bonchev–Trinajstić information content (AvgIpc) is 2.58. The summed E-state index contributed by atoms with van der Waals surface area (Å²) in [7, 11) is 0. The number of aliphatic imine (C=N–C) groups is 1. The van der Waals surface area contributed by atoms with Crippen molar-refractivity contribution in [3.8, 4) is 17.2 Å². The molecule has 0 fully saturated rings. The first kappa shape index (κ1) is 15.3. The second kappa shape index (κ2) is 7.11. The zero-order chi connectivity index (χ0) is 16.1. The smallest absolute Gasteiger partial charge is 0.129 e. The van der Waals surface area contributed by atoms with Gasteiger partial charge in [0.05, 0.1) is 10.2 Å². The fourth-order valence-corrected chi connectivity index (χ4v) is 2.37. The van der Waals surface area contributed by atoms with Gasteiger partial charge in [0.15, 0.2) is 0 Å². The third-order valence-corrected chi connectivity index (χ3v) is 3.79. The van der Waals surface area contributed by atoms with Crippen molar-refractivity contribution in [2.45, 2.75) is 0 Å². The van der Waals surface area contributed by atoms with E-state index in [4.69, 9.17) is 4.74 Å². The summed E-state index contributed by atoms with van der Waals surface area (Å²) < 4.78 is 6.39. The van der Waals surface area contributed by atoms with Crippen molar-refractivity contribution in [1.29, 1.82) is 0 Å². The van der Waals surface area contributed by atoms with Crippen LogP contribution < -0.4 is 4.74 Å². The van der Waals surface area contributed by atoms with Crippen LogP contribution in [0.5, 0.6) is 17.2 Å². The Labute approximate surface area is 143 Å². The van der Waals surface area contributed by atoms with Gasteiger partial charge in [-0.15, -0.1) is 0 Å². The Kier molecular flexibility index (Phi) is 4.74. The molecule has 0 bridgehead atoms. The van der Waals surface area contributed by atoms with Crippen LogP contribution in [0.2, 0.25) is 0 Å². The Bertz CT molecular complexity index is 815. The number of phenolic OH excluding ortho intramolecular Hbond substituents is 1. The van der Waals surface area contributed by atoms with Crippen LogP contribution in [-0.2, 0) is 0 Å². The maximum absolute atomic E-state index is 9.48. The number of hydrogen-bond donors (Lipinski definition) is 1. The van der Waals surface area contributed by atoms with Crippen molar-refractivity contribution in [3.05, 3.63) is 82.8 Å². The number of para-hydroxylation sites is 1. The fraction of sp³-hybridized carbons (Fsp3) is 0. The molecule has 0 spiro atoms. The van der Waals surface area contributed by atoms with E-state index < -0.39 is 0 Å². The minimum Gasteiger partial charge on any atom is -0.507 e. The van der Waals surface area contributed by atoms with Gasteiger partial charge in [-0.2, -0.15) is 0 Å². The van der Waals surface area contributed by atoms with Gasteiger partial charge in [0, 0.05) is 6.21 Å². The molecular weight excluding hydrogens is 354 g/mol. The lowest BCUT2D eigenvalue weighted by molar-refractivity contribution is 0.472. The van der Waals surface area contributed by atoms with E-state index >= 15 is 0 Å². The lowest BCUT2D eigenvalue weighted by Crippen LogP contribution is -1.83. The van der Waals surface area contributed by atoms with Crippen LogP contribution in [-0.4, -0.2) is 11.3 Å². The molecule has 23 heavy (non-hydrogen) atoms. The highest BCUT2D eigenvalue weighted by Gasteiger charge is 1.98. The molecule has 0 aliphatic carbocycles. The van der Waals surface area contributed by atoms with Crippen LogP contribution >= 0.6 is 15.9 Å². The van der Waals surface area contributed by atoms with Crippen LogP contribution in [0.1, 0.15) is 5.56 Å². The van der Waals surface area contributed by atoms with Gasteiger partial charge >= 0.3 is 0 Å². The first-order chi connectivity index (χ1) is 11.2. The molecular formula is C19H14BrNO2. The van der Waals surface area contributed by atoms with Crippen molar-refractivity contribution in [1.82, 2.24) is 0 Å². The average molecular weight is 368 g/mol. The summed E-state index contributed by atoms with van der Waals surface area (Å²) in [4.78, 5) is 4.41. The SMILES string of the molecule is Oc1ccc(C=Nc2ccc(Oc3ccccc3)cc2)cc1Br. The quantitative estimate of drug-likeness (QED) is 0.601. The van der Waals surface area contributed by atoms with E-state index in [9.17, 15) is 5.11 Å². The number of halogens is 1. The summed E-state index contributed by atoms with van der Waals surface area (Å²) in [6.07, 6.45) is 1.75. The maximum Gasteiger partial charge on any atom is 0.129 e. The number of phenols is 1. The summed E-state index contributed by atoms with van der Waals surface area (Å²) in [5, 5.41) is 9.48. The second-order valence-corrected chi connectivity index (χ2v) is 5.73. The van der Waals surface area contributed by atoms with Crippen molar-refractivity contribution in [3.63, 3.8) is 0 Å². The molecule has 3 nitrogen and oxygen atoms in total. The van der Waals surface area contributed by atoms with E-state index in [-0.39, 0.29) is 5.75 Å². The summed E-state index contributed by atoms with van der Waals surface area (Å²) in [5.74, 6) is 1.78. The Morgan fingerprint density at radius 2 is 1.57 bits per heavy atom. The topological polar surface area (TPSA) is 41.8 Å². The molecule has 0 aromatic heterocycles. The molecule has 1 N–H and O–H groups in total. The number of aromatic hydroxyl groups is 1. The van der Waals surface area contributed by atoms with Crippen molar-refractivity contribution >= 4 is 27.8 Å². The van der Waals surface area contributed by atoms with Gasteiger partial charge in [-0.3, -0.25) is 4.99 Å². The molecule has 0 aliphatic heterocycles. The number of nitrogens with zero attached hydrogens (tertiary/aromatic N) is 1. The molecule has 4 heteroatoms. The highest BCUT2D eigenvalue weighted by Crippen LogP contribution is 2.25. The minimum atomic E-state index is 0.213. The van der Waals surface area contributed by atoms with Crippen molar-refractivity contribution in [2.24, 2.45) is 4.99 Å². The van der Waals surface area contributed by atoms with Crippen LogP contribution in [0.3, 0.4) is 0 Å². The van der Waals surface area contributed by atoms with Gasteiger partial charge < -0.3 is 9.84 Å². The zero-order valence-corrected chi connectivity index (χ0v) is 13.8. The van der Waals surface area contributed by atoms with Crippen LogP contribution in [0.4, 0.5) is 5.69 Å². The third-order valence-electron chi connectivity index (χ3n) is 3.15. The Morgan fingerprint density at radius 1 is 0.870 bits per heavy atom. The largest absolute Gasteiger partial charge is 0.507 e. The molecule has 0 amide bonds. The van der Waals surface area contributed by atoms with Gasteiger partial charge in [0.2, 0.25) is 0 Å². The second-order valence-electron chi connectivity index (χ2n) is 4.88. The molecule has 0 radical (unpaired) electrons. The summed E-state index contributed by atoms with van der Waals surface area (Å²) in [5.41, 5.74) is 1.73. The molecule has 3 rings (SSSR count). The Morgan fingerprint density at radius 3 is 2.26 bits per heavy atom. The molecule has 0 aliphatic rings. The van der Waals surface area contributed by atoms with Crippen LogP contribution in [0.25, 0.3) is 0 Å². The van der Waals surface area contributed by atoms with Gasteiger partial charge in [-0.25, -0.2) is 0 Å². The Hall–Kier alpha value is -2.59. The number of rotatable bonds is 4. The minimum absolute atomic E-state index is 0.213. The van der Waals surface area contributed by atoms with E-state index in [1.807, 2.05) is 60.7 Å². The summed E-state index contributed by atoms with van der Waals surface area (Å²) >= 11 is 3.29. The van der Waals surface area contributed by atoms with Gasteiger partial charge in [0.1, 0.15) is 17.2 Å². The molecule has 0 unspecified atom stereocenters. The molecule has 114 valence electrons. The number of benzene rings is 3. The zero-order valence-electron chi connectivity index (χ0n) is 12.2. The number of ether oxygens (including phenoxy) is 1. The first-order valence-corrected chi connectivity index (χ1v) is 7.85. The third kappa shape index (κ3) is 4.20. The predicted molar refractivity (Wildman–Crippen MR) is 96.0 cm³/mol. The predicted octanol–water partition coefficient (Wildman–Crippen LogP) is 5.70. The van der Waals surface area contributed by atoms with Gasteiger partial charge in [0.25, 0.3) is 0 Å². The van der Waals surface area contributed by atoms with Crippen molar-refractivity contribution < 1.29 is 9.84 Å². The number of hydrogen-bond acceptors (Lipinski definition) is 3.